The Hall–Kier alpha value is -1.27. The van der Waals surface area contributed by atoms with Crippen LogP contribution in [0.2, 0.25) is 0 Å². The van der Waals surface area contributed by atoms with Crippen molar-refractivity contribution in [1.82, 2.24) is 9.13 Å². The van der Waals surface area contributed by atoms with Crippen molar-refractivity contribution >= 4 is 0 Å². The second-order valence-corrected chi connectivity index (χ2v) is 4.32. The van der Waals surface area contributed by atoms with Gasteiger partial charge < -0.3 is 14.6 Å². The summed E-state index contributed by atoms with van der Waals surface area (Å²) in [6.45, 7) is 4.07. The van der Waals surface area contributed by atoms with Crippen molar-refractivity contribution in [2.75, 3.05) is 13.2 Å². The number of aromatic nitrogens is 2. The molecule has 2 unspecified atom stereocenters. The van der Waals surface area contributed by atoms with Crippen LogP contribution in [0, 0.1) is 6.92 Å². The van der Waals surface area contributed by atoms with Gasteiger partial charge in [-0.2, -0.15) is 0 Å². The van der Waals surface area contributed by atoms with Gasteiger partial charge in [-0.05, 0) is 6.92 Å². The monoisotopic (exact) mass is 226 g/mol. The van der Waals surface area contributed by atoms with E-state index in [2.05, 4.69) is 0 Å². The molecule has 3 heterocycles. The molecule has 0 aliphatic carbocycles. The molecule has 16 heavy (non-hydrogen) atoms. The molecule has 2 atom stereocenters. The molecule has 1 aromatic heterocycles. The molecule has 1 aromatic rings. The molecule has 2 fully saturated rings. The van der Waals surface area contributed by atoms with Crippen LogP contribution in [0.4, 0.5) is 0 Å². The summed E-state index contributed by atoms with van der Waals surface area (Å²) in [5.74, 6) is 0.0427. The minimum atomic E-state index is -0.180. The van der Waals surface area contributed by atoms with Crippen LogP contribution in [0.15, 0.2) is 4.79 Å². The summed E-state index contributed by atoms with van der Waals surface area (Å²) < 4.78 is 13.1. The molecule has 0 radical (unpaired) electrons. The molecule has 3 rings (SSSR count). The van der Waals surface area contributed by atoms with Crippen molar-refractivity contribution in [1.29, 1.82) is 0 Å². The number of epoxide rings is 2. The van der Waals surface area contributed by atoms with E-state index < -0.39 is 0 Å². The summed E-state index contributed by atoms with van der Waals surface area (Å²) in [7, 11) is 0. The van der Waals surface area contributed by atoms with E-state index >= 15 is 0 Å². The predicted octanol–water partition coefficient (Wildman–Crippen LogP) is -0.539. The lowest BCUT2D eigenvalue weighted by molar-refractivity contribution is 0.352. The fourth-order valence-electron chi connectivity index (χ4n) is 1.83. The van der Waals surface area contributed by atoms with Crippen LogP contribution < -0.4 is 5.69 Å². The van der Waals surface area contributed by atoms with Crippen LogP contribution in [0.5, 0.6) is 5.88 Å². The molecule has 0 spiro atoms. The minimum absolute atomic E-state index is 0.0427. The van der Waals surface area contributed by atoms with Crippen LogP contribution >= 0.6 is 0 Å². The van der Waals surface area contributed by atoms with E-state index in [9.17, 15) is 9.90 Å². The van der Waals surface area contributed by atoms with Gasteiger partial charge in [0.1, 0.15) is 0 Å². The maximum Gasteiger partial charge on any atom is 0.331 e. The zero-order valence-electron chi connectivity index (χ0n) is 9.05. The first-order valence-electron chi connectivity index (χ1n) is 5.39. The Bertz CT molecular complexity index is 427. The van der Waals surface area contributed by atoms with Gasteiger partial charge in [0, 0.05) is 0 Å². The first kappa shape index (κ1) is 9.92. The van der Waals surface area contributed by atoms with E-state index in [0.29, 0.717) is 32.0 Å². The third kappa shape index (κ3) is 1.64. The van der Waals surface area contributed by atoms with Crippen molar-refractivity contribution in [3.05, 3.63) is 16.2 Å². The summed E-state index contributed by atoms with van der Waals surface area (Å²) in [4.78, 5) is 12.0. The normalized spacial score (nSPS) is 27.1. The second-order valence-electron chi connectivity index (χ2n) is 4.32. The lowest BCUT2D eigenvalue weighted by Gasteiger charge is -1.98. The summed E-state index contributed by atoms with van der Waals surface area (Å²) in [6.07, 6.45) is 0.208. The van der Waals surface area contributed by atoms with Gasteiger partial charge in [-0.15, -0.1) is 0 Å². The van der Waals surface area contributed by atoms with Crippen LogP contribution in [0.3, 0.4) is 0 Å². The van der Waals surface area contributed by atoms with Gasteiger partial charge in [0.25, 0.3) is 0 Å². The lowest BCUT2D eigenvalue weighted by Crippen LogP contribution is -2.27. The Kier molecular flexibility index (Phi) is 2.08. The molecule has 0 bridgehead atoms. The Labute approximate surface area is 92.0 Å². The Morgan fingerprint density at radius 3 is 2.25 bits per heavy atom. The number of ether oxygens (including phenoxy) is 2. The highest BCUT2D eigenvalue weighted by atomic mass is 16.6. The van der Waals surface area contributed by atoms with E-state index in [4.69, 9.17) is 9.47 Å². The van der Waals surface area contributed by atoms with E-state index in [0.717, 1.165) is 0 Å². The standard InChI is InChI=1S/C10H14N2O4/c1-6-9(13)12(3-8-5-16-8)10(14)11(6)2-7-4-15-7/h7-8,13H,2-5H2,1H3. The second kappa shape index (κ2) is 3.36. The number of rotatable bonds is 4. The topological polar surface area (TPSA) is 72.2 Å². The highest BCUT2D eigenvalue weighted by molar-refractivity contribution is 5.19. The summed E-state index contributed by atoms with van der Waals surface area (Å²) >= 11 is 0. The maximum atomic E-state index is 12.0. The number of imidazole rings is 1. The summed E-state index contributed by atoms with van der Waals surface area (Å²) in [5, 5.41) is 9.85. The van der Waals surface area contributed by atoms with Crippen molar-refractivity contribution in [3.63, 3.8) is 0 Å². The molecule has 0 saturated carbocycles. The predicted molar refractivity (Wildman–Crippen MR) is 54.6 cm³/mol. The van der Waals surface area contributed by atoms with E-state index in [1.807, 2.05) is 0 Å². The molecule has 0 aromatic carbocycles. The molecule has 2 aliphatic rings. The largest absolute Gasteiger partial charge is 0.493 e. The molecular weight excluding hydrogens is 212 g/mol. The fraction of sp³-hybridized carbons (Fsp3) is 0.700. The third-order valence-corrected chi connectivity index (χ3v) is 3.02. The van der Waals surface area contributed by atoms with Gasteiger partial charge >= 0.3 is 5.69 Å². The van der Waals surface area contributed by atoms with Crippen molar-refractivity contribution in [2.45, 2.75) is 32.2 Å². The smallest absolute Gasteiger partial charge is 0.331 e. The van der Waals surface area contributed by atoms with Crippen LogP contribution in [0.1, 0.15) is 5.69 Å². The van der Waals surface area contributed by atoms with E-state index in [1.165, 1.54) is 4.57 Å². The maximum absolute atomic E-state index is 12.0. The third-order valence-electron chi connectivity index (χ3n) is 3.02. The first-order valence-corrected chi connectivity index (χ1v) is 5.39. The Morgan fingerprint density at radius 1 is 1.25 bits per heavy atom. The van der Waals surface area contributed by atoms with Crippen LogP contribution in [-0.2, 0) is 22.6 Å². The van der Waals surface area contributed by atoms with Crippen molar-refractivity contribution in [3.8, 4) is 5.88 Å². The Morgan fingerprint density at radius 2 is 1.75 bits per heavy atom. The zero-order valence-corrected chi connectivity index (χ0v) is 9.05. The van der Waals surface area contributed by atoms with E-state index in [1.54, 1.807) is 11.5 Å². The molecule has 2 aliphatic heterocycles. The summed E-state index contributed by atoms with van der Waals surface area (Å²) in [5.41, 5.74) is 0.419. The molecule has 2 saturated heterocycles. The minimum Gasteiger partial charge on any atom is -0.493 e. The summed E-state index contributed by atoms with van der Waals surface area (Å²) in [6, 6.07) is 0. The van der Waals surface area contributed by atoms with Gasteiger partial charge in [-0.3, -0.25) is 9.13 Å². The molecule has 6 heteroatoms. The average molecular weight is 226 g/mol. The molecule has 0 amide bonds. The van der Waals surface area contributed by atoms with Gasteiger partial charge in [-0.1, -0.05) is 0 Å². The quantitative estimate of drug-likeness (QED) is 0.700. The van der Waals surface area contributed by atoms with E-state index in [-0.39, 0.29) is 23.8 Å². The number of aromatic hydroxyl groups is 1. The zero-order chi connectivity index (χ0) is 11.3. The first-order chi connectivity index (χ1) is 7.66. The van der Waals surface area contributed by atoms with Gasteiger partial charge in [0.15, 0.2) is 0 Å². The lowest BCUT2D eigenvalue weighted by atomic mass is 10.4. The molecule has 88 valence electrons. The molecule has 6 nitrogen and oxygen atoms in total. The van der Waals surface area contributed by atoms with Crippen LogP contribution in [-0.4, -0.2) is 39.7 Å². The SMILES string of the molecule is Cc1c(O)n(CC2CO2)c(=O)n1CC1CO1. The van der Waals surface area contributed by atoms with Crippen molar-refractivity contribution in [2.24, 2.45) is 0 Å². The Balaban J connectivity index is 1.93. The number of hydrogen-bond acceptors (Lipinski definition) is 4. The molecule has 1 N–H and O–H groups in total. The average Bonchev–Trinajstić information content (AvgIpc) is 3.12. The number of nitrogens with zero attached hydrogens (tertiary/aromatic N) is 2. The van der Waals surface area contributed by atoms with Gasteiger partial charge in [0.05, 0.1) is 44.2 Å². The molecular formula is C10H14N2O4. The fourth-order valence-corrected chi connectivity index (χ4v) is 1.83. The van der Waals surface area contributed by atoms with Gasteiger partial charge in [0.2, 0.25) is 5.88 Å². The highest BCUT2D eigenvalue weighted by Gasteiger charge is 2.29. The van der Waals surface area contributed by atoms with Crippen molar-refractivity contribution < 1.29 is 14.6 Å². The van der Waals surface area contributed by atoms with Gasteiger partial charge in [-0.25, -0.2) is 4.79 Å². The highest BCUT2D eigenvalue weighted by Crippen LogP contribution is 2.20. The van der Waals surface area contributed by atoms with Crippen LogP contribution in [0.25, 0.3) is 0 Å². The number of hydrogen-bond donors (Lipinski definition) is 1.